The predicted molar refractivity (Wildman–Crippen MR) is 211 cm³/mol. The lowest BCUT2D eigenvalue weighted by atomic mass is 10.1. The van der Waals surface area contributed by atoms with Crippen LogP contribution in [-0.2, 0) is 28.2 Å². The summed E-state index contributed by atoms with van der Waals surface area (Å²) in [6, 6.07) is 0. The molecule has 1 atom stereocenters. The maximum Gasteiger partial charge on any atom is 0.469 e. The second kappa shape index (κ2) is 37.0. The Balaban J connectivity index is 4.13. The summed E-state index contributed by atoms with van der Waals surface area (Å²) in [6.07, 6.45) is 48.9. The van der Waals surface area contributed by atoms with Crippen LogP contribution in [0.3, 0.4) is 0 Å². The molecule has 290 valence electrons. The van der Waals surface area contributed by atoms with E-state index < -0.39 is 32.5 Å². The van der Waals surface area contributed by atoms with Crippen molar-refractivity contribution in [2.75, 3.05) is 13.2 Å². The molecule has 0 spiro atoms. The molecule has 0 aromatic heterocycles. The van der Waals surface area contributed by atoms with Gasteiger partial charge in [-0.3, -0.25) is 14.1 Å². The molecule has 0 saturated carbocycles. The molecule has 0 rings (SSSR count). The average molecular weight is 733 g/mol. The fourth-order valence-electron chi connectivity index (χ4n) is 4.80. The van der Waals surface area contributed by atoms with Gasteiger partial charge >= 0.3 is 19.8 Å². The van der Waals surface area contributed by atoms with Gasteiger partial charge in [0.2, 0.25) is 0 Å². The van der Waals surface area contributed by atoms with E-state index in [1.165, 1.54) is 38.5 Å². The van der Waals surface area contributed by atoms with E-state index in [1.807, 2.05) is 12.2 Å². The highest BCUT2D eigenvalue weighted by Gasteiger charge is 2.22. The SMILES string of the molecule is CC/C=C\C/C=C\C/C=C\C/C=C\C/C=C\C/C=C\CCC(=O)O[C@H](COC(=O)CCCCCCC/C=C\CCCCCCC)COP(=O)(O)O. The van der Waals surface area contributed by atoms with Crippen LogP contribution >= 0.6 is 7.82 Å². The molecule has 0 aliphatic heterocycles. The predicted octanol–water partition coefficient (Wildman–Crippen LogP) is 11.7. The van der Waals surface area contributed by atoms with Crippen LogP contribution < -0.4 is 0 Å². The van der Waals surface area contributed by atoms with Gasteiger partial charge in [0.1, 0.15) is 6.61 Å². The third-order valence-electron chi connectivity index (χ3n) is 7.66. The third-order valence-corrected chi connectivity index (χ3v) is 8.15. The fraction of sp³-hybridized carbons (Fsp3) is 0.619. The number of carbonyl (C=O) groups excluding carboxylic acids is 2. The average Bonchev–Trinajstić information content (AvgIpc) is 3.10. The van der Waals surface area contributed by atoms with Crippen molar-refractivity contribution < 1.29 is 37.9 Å². The second-order valence-electron chi connectivity index (χ2n) is 12.5. The second-order valence-corrected chi connectivity index (χ2v) is 13.8. The molecule has 0 unspecified atom stereocenters. The van der Waals surface area contributed by atoms with E-state index in [1.54, 1.807) is 0 Å². The number of carbonyl (C=O) groups is 2. The van der Waals surface area contributed by atoms with E-state index in [2.05, 4.69) is 91.3 Å². The van der Waals surface area contributed by atoms with Crippen LogP contribution in [0.5, 0.6) is 0 Å². The van der Waals surface area contributed by atoms with E-state index in [0.29, 0.717) is 12.8 Å². The maximum absolute atomic E-state index is 12.3. The molecule has 0 bridgehead atoms. The van der Waals surface area contributed by atoms with Crippen LogP contribution in [0.25, 0.3) is 0 Å². The summed E-state index contributed by atoms with van der Waals surface area (Å²) in [6.45, 7) is 3.47. The first-order valence-electron chi connectivity index (χ1n) is 19.4. The lowest BCUT2D eigenvalue weighted by Crippen LogP contribution is -2.29. The first-order valence-corrected chi connectivity index (χ1v) is 20.9. The summed E-state index contributed by atoms with van der Waals surface area (Å²) in [7, 11) is -4.78. The highest BCUT2D eigenvalue weighted by molar-refractivity contribution is 7.46. The van der Waals surface area contributed by atoms with Crippen LogP contribution in [0.1, 0.15) is 149 Å². The number of phosphoric ester groups is 1. The zero-order valence-electron chi connectivity index (χ0n) is 31.7. The Morgan fingerprint density at radius 1 is 0.529 bits per heavy atom. The minimum atomic E-state index is -4.78. The standard InChI is InChI=1S/C42H69O8P/c1-3-5-7-9-11-13-15-17-19-20-21-22-23-25-27-29-31-33-35-37-42(44)50-40(39-49-51(45,46)47)38-48-41(43)36-34-32-30-28-26-24-18-16-14-12-10-8-6-4-2/h5,7,11,13,16-19,21-22,25,27,31,33,40H,3-4,6,8-10,12,14-15,20,23-24,26,28-30,32,34-39H2,1-2H3,(H2,45,46,47)/b7-5-,13-11-,18-16-,19-17-,22-21-,27-25-,33-31-/t40-/m1/s1. The van der Waals surface area contributed by atoms with Crippen molar-refractivity contribution in [3.8, 4) is 0 Å². The van der Waals surface area contributed by atoms with Crippen LogP contribution in [0.15, 0.2) is 85.1 Å². The van der Waals surface area contributed by atoms with Gasteiger partial charge in [0.05, 0.1) is 6.61 Å². The van der Waals surface area contributed by atoms with Crippen LogP contribution in [0, 0.1) is 0 Å². The molecule has 0 heterocycles. The maximum atomic E-state index is 12.3. The van der Waals surface area contributed by atoms with Crippen molar-refractivity contribution in [3.63, 3.8) is 0 Å². The van der Waals surface area contributed by atoms with E-state index in [0.717, 1.165) is 70.6 Å². The zero-order chi connectivity index (χ0) is 37.5. The first-order chi connectivity index (χ1) is 24.8. The summed E-state index contributed by atoms with van der Waals surface area (Å²) >= 11 is 0. The van der Waals surface area contributed by atoms with Gasteiger partial charge in [-0.2, -0.15) is 0 Å². The minimum Gasteiger partial charge on any atom is -0.462 e. The van der Waals surface area contributed by atoms with Crippen molar-refractivity contribution in [1.29, 1.82) is 0 Å². The summed E-state index contributed by atoms with van der Waals surface area (Å²) in [5.74, 6) is -1.00. The number of rotatable bonds is 34. The molecule has 0 saturated heterocycles. The molecule has 8 nitrogen and oxygen atoms in total. The van der Waals surface area contributed by atoms with Gasteiger partial charge in [-0.15, -0.1) is 0 Å². The van der Waals surface area contributed by atoms with Crippen LogP contribution in [0.4, 0.5) is 0 Å². The third kappa shape index (κ3) is 39.9. The molecule has 9 heteroatoms. The molecule has 0 aliphatic rings. The summed E-state index contributed by atoms with van der Waals surface area (Å²) in [5.41, 5.74) is 0. The number of hydrogen-bond donors (Lipinski definition) is 2. The summed E-state index contributed by atoms with van der Waals surface area (Å²) < 4.78 is 26.2. The Kier molecular flexibility index (Phi) is 35.0. The zero-order valence-corrected chi connectivity index (χ0v) is 32.6. The molecule has 51 heavy (non-hydrogen) atoms. The molecule has 2 N–H and O–H groups in total. The molecule has 0 radical (unpaired) electrons. The smallest absolute Gasteiger partial charge is 0.462 e. The monoisotopic (exact) mass is 732 g/mol. The molecule has 0 amide bonds. The summed E-state index contributed by atoms with van der Waals surface area (Å²) in [5, 5.41) is 0. The molecular weight excluding hydrogens is 663 g/mol. The molecule has 0 aromatic rings. The lowest BCUT2D eigenvalue weighted by Gasteiger charge is -2.18. The van der Waals surface area contributed by atoms with Crippen molar-refractivity contribution >= 4 is 19.8 Å². The Morgan fingerprint density at radius 2 is 0.980 bits per heavy atom. The normalized spacial score (nSPS) is 13.4. The Bertz CT molecular complexity index is 1100. The number of unbranched alkanes of at least 4 members (excludes halogenated alkanes) is 10. The van der Waals surface area contributed by atoms with Crippen molar-refractivity contribution in [3.05, 3.63) is 85.1 Å². The van der Waals surface area contributed by atoms with Gasteiger partial charge in [0.25, 0.3) is 0 Å². The summed E-state index contributed by atoms with van der Waals surface area (Å²) in [4.78, 5) is 42.7. The molecule has 0 aromatic carbocycles. The van der Waals surface area contributed by atoms with E-state index >= 15 is 0 Å². The van der Waals surface area contributed by atoms with E-state index in [9.17, 15) is 14.2 Å². The van der Waals surface area contributed by atoms with Crippen molar-refractivity contribution in [2.24, 2.45) is 0 Å². The number of phosphoric acid groups is 1. The minimum absolute atomic E-state index is 0.0807. The van der Waals surface area contributed by atoms with Crippen molar-refractivity contribution in [1.82, 2.24) is 0 Å². The van der Waals surface area contributed by atoms with Gasteiger partial charge in [-0.1, -0.05) is 144 Å². The van der Waals surface area contributed by atoms with Crippen LogP contribution in [0.2, 0.25) is 0 Å². The fourth-order valence-corrected chi connectivity index (χ4v) is 5.16. The van der Waals surface area contributed by atoms with Gasteiger partial charge < -0.3 is 19.3 Å². The van der Waals surface area contributed by atoms with Crippen LogP contribution in [-0.4, -0.2) is 41.0 Å². The number of esters is 2. The largest absolute Gasteiger partial charge is 0.469 e. The number of allylic oxidation sites excluding steroid dienone is 14. The molecule has 0 fully saturated rings. The Labute approximate surface area is 310 Å². The topological polar surface area (TPSA) is 119 Å². The first kappa shape index (κ1) is 48.2. The highest BCUT2D eigenvalue weighted by atomic mass is 31.2. The van der Waals surface area contributed by atoms with E-state index in [4.69, 9.17) is 19.3 Å². The van der Waals surface area contributed by atoms with E-state index in [-0.39, 0.29) is 19.4 Å². The molecular formula is C42H69O8P. The van der Waals surface area contributed by atoms with Gasteiger partial charge in [0.15, 0.2) is 6.10 Å². The highest BCUT2D eigenvalue weighted by Crippen LogP contribution is 2.35. The quantitative estimate of drug-likeness (QED) is 0.0290. The Hall–Kier alpha value is -2.77. The van der Waals surface area contributed by atoms with Gasteiger partial charge in [-0.25, -0.2) is 4.57 Å². The number of ether oxygens (including phenoxy) is 2. The molecule has 0 aliphatic carbocycles. The Morgan fingerprint density at radius 3 is 1.49 bits per heavy atom. The van der Waals surface area contributed by atoms with Crippen molar-refractivity contribution in [2.45, 2.75) is 155 Å². The van der Waals surface area contributed by atoms with Gasteiger partial charge in [0, 0.05) is 12.8 Å². The van der Waals surface area contributed by atoms with Gasteiger partial charge in [-0.05, 0) is 77.0 Å². The number of hydrogen-bond acceptors (Lipinski definition) is 6. The lowest BCUT2D eigenvalue weighted by molar-refractivity contribution is -0.161.